The molecular weight excluding hydrogens is 269 g/mol. The number of hydrogen-bond acceptors (Lipinski definition) is 2. The van der Waals surface area contributed by atoms with E-state index in [4.69, 9.17) is 27.9 Å². The Kier molecular flexibility index (Phi) is 7.02. The molecule has 0 amide bonds. The van der Waals surface area contributed by atoms with Crippen LogP contribution in [0.25, 0.3) is 0 Å². The van der Waals surface area contributed by atoms with Gasteiger partial charge in [-0.3, -0.25) is 0 Å². The fourth-order valence-electron chi connectivity index (χ4n) is 1.94. The maximum absolute atomic E-state index is 6.26. The first kappa shape index (κ1) is 15.8. The van der Waals surface area contributed by atoms with Gasteiger partial charge in [0.25, 0.3) is 0 Å². The van der Waals surface area contributed by atoms with E-state index >= 15 is 0 Å². The van der Waals surface area contributed by atoms with Crippen LogP contribution < -0.4 is 5.32 Å². The van der Waals surface area contributed by atoms with E-state index in [1.54, 1.807) is 6.07 Å². The lowest BCUT2D eigenvalue weighted by atomic mass is 10.0. The van der Waals surface area contributed by atoms with Crippen LogP contribution in [0.2, 0.25) is 10.0 Å². The molecule has 0 aliphatic heterocycles. The molecule has 1 rings (SSSR count). The van der Waals surface area contributed by atoms with Crippen LogP contribution >= 0.6 is 23.2 Å². The SMILES string of the molecule is CCCNC(c1cc(Cl)ccc1Cl)C(C)OCC. The monoisotopic (exact) mass is 289 g/mol. The van der Waals surface area contributed by atoms with Gasteiger partial charge >= 0.3 is 0 Å². The van der Waals surface area contributed by atoms with Crippen molar-refractivity contribution >= 4 is 23.2 Å². The van der Waals surface area contributed by atoms with Gasteiger partial charge in [-0.2, -0.15) is 0 Å². The third-order valence-corrected chi connectivity index (χ3v) is 3.39. The van der Waals surface area contributed by atoms with Gasteiger partial charge in [0, 0.05) is 16.7 Å². The average molecular weight is 290 g/mol. The summed E-state index contributed by atoms with van der Waals surface area (Å²) in [5.41, 5.74) is 0.999. The van der Waals surface area contributed by atoms with Crippen LogP contribution in [0.4, 0.5) is 0 Å². The Bertz CT molecular complexity index is 371. The van der Waals surface area contributed by atoms with Crippen molar-refractivity contribution < 1.29 is 4.74 Å². The van der Waals surface area contributed by atoms with E-state index in [2.05, 4.69) is 12.2 Å². The zero-order valence-corrected chi connectivity index (χ0v) is 12.7. The smallest absolute Gasteiger partial charge is 0.0742 e. The Balaban J connectivity index is 2.96. The second-order valence-electron chi connectivity index (χ2n) is 4.26. The van der Waals surface area contributed by atoms with Crippen LogP contribution in [0, 0.1) is 0 Å². The number of nitrogens with one attached hydrogen (secondary N) is 1. The van der Waals surface area contributed by atoms with Gasteiger partial charge < -0.3 is 10.1 Å². The van der Waals surface area contributed by atoms with E-state index in [0.717, 1.165) is 23.6 Å². The Morgan fingerprint density at radius 3 is 2.61 bits per heavy atom. The van der Waals surface area contributed by atoms with Crippen molar-refractivity contribution in [2.75, 3.05) is 13.2 Å². The molecule has 0 fully saturated rings. The molecule has 0 aliphatic rings. The standard InChI is InChI=1S/C14H21Cl2NO/c1-4-8-17-14(10(3)18-5-2)12-9-11(15)6-7-13(12)16/h6-7,9-10,14,17H,4-5,8H2,1-3H3. The molecule has 0 aliphatic carbocycles. The molecule has 0 heterocycles. The van der Waals surface area contributed by atoms with E-state index in [-0.39, 0.29) is 12.1 Å². The van der Waals surface area contributed by atoms with E-state index < -0.39 is 0 Å². The fourth-order valence-corrected chi connectivity index (χ4v) is 2.36. The molecule has 0 saturated heterocycles. The van der Waals surface area contributed by atoms with Crippen LogP contribution in [0.5, 0.6) is 0 Å². The highest BCUT2D eigenvalue weighted by Gasteiger charge is 2.21. The first-order valence-electron chi connectivity index (χ1n) is 6.40. The maximum atomic E-state index is 6.26. The summed E-state index contributed by atoms with van der Waals surface area (Å²) >= 11 is 12.3. The van der Waals surface area contributed by atoms with Gasteiger partial charge in [-0.05, 0) is 50.6 Å². The van der Waals surface area contributed by atoms with Crippen molar-refractivity contribution in [1.29, 1.82) is 0 Å². The van der Waals surface area contributed by atoms with Crippen molar-refractivity contribution in [3.63, 3.8) is 0 Å². The molecule has 0 radical (unpaired) electrons. The summed E-state index contributed by atoms with van der Waals surface area (Å²) < 4.78 is 5.69. The first-order chi connectivity index (χ1) is 8.60. The first-order valence-corrected chi connectivity index (χ1v) is 7.15. The number of hydrogen-bond donors (Lipinski definition) is 1. The van der Waals surface area contributed by atoms with Gasteiger partial charge in [0.15, 0.2) is 0 Å². The topological polar surface area (TPSA) is 21.3 Å². The minimum Gasteiger partial charge on any atom is -0.377 e. The van der Waals surface area contributed by atoms with Gasteiger partial charge in [0.05, 0.1) is 12.1 Å². The zero-order valence-electron chi connectivity index (χ0n) is 11.2. The lowest BCUT2D eigenvalue weighted by Gasteiger charge is -2.26. The Morgan fingerprint density at radius 2 is 2.00 bits per heavy atom. The highest BCUT2D eigenvalue weighted by molar-refractivity contribution is 6.33. The highest BCUT2D eigenvalue weighted by atomic mass is 35.5. The molecule has 0 bridgehead atoms. The van der Waals surface area contributed by atoms with Crippen molar-refractivity contribution in [2.24, 2.45) is 0 Å². The van der Waals surface area contributed by atoms with Gasteiger partial charge in [-0.1, -0.05) is 30.1 Å². The van der Waals surface area contributed by atoms with Crippen LogP contribution in [0.1, 0.15) is 38.8 Å². The Morgan fingerprint density at radius 1 is 1.28 bits per heavy atom. The third-order valence-electron chi connectivity index (χ3n) is 2.81. The summed E-state index contributed by atoms with van der Waals surface area (Å²) in [4.78, 5) is 0. The van der Waals surface area contributed by atoms with Crippen LogP contribution in [0.15, 0.2) is 18.2 Å². The lowest BCUT2D eigenvalue weighted by Crippen LogP contribution is -2.32. The maximum Gasteiger partial charge on any atom is 0.0742 e. The molecule has 2 unspecified atom stereocenters. The molecule has 1 aromatic rings. The molecule has 0 saturated carbocycles. The van der Waals surface area contributed by atoms with Crippen LogP contribution in [-0.4, -0.2) is 19.3 Å². The summed E-state index contributed by atoms with van der Waals surface area (Å²) in [7, 11) is 0. The predicted octanol–water partition coefficient (Wildman–Crippen LogP) is 4.46. The molecule has 1 aromatic carbocycles. The summed E-state index contributed by atoms with van der Waals surface area (Å²) in [5.74, 6) is 0. The largest absolute Gasteiger partial charge is 0.377 e. The molecule has 4 heteroatoms. The van der Waals surface area contributed by atoms with Crippen LogP contribution in [-0.2, 0) is 4.74 Å². The van der Waals surface area contributed by atoms with Gasteiger partial charge in [-0.15, -0.1) is 0 Å². The number of ether oxygens (including phenoxy) is 1. The minimum atomic E-state index is 0.0533. The average Bonchev–Trinajstić information content (AvgIpc) is 2.34. The summed E-state index contributed by atoms with van der Waals surface area (Å²) in [6.07, 6.45) is 1.12. The minimum absolute atomic E-state index is 0.0533. The molecule has 0 aromatic heterocycles. The second-order valence-corrected chi connectivity index (χ2v) is 5.10. The predicted molar refractivity (Wildman–Crippen MR) is 78.6 cm³/mol. The van der Waals surface area contributed by atoms with Crippen LogP contribution in [0.3, 0.4) is 0 Å². The molecule has 0 spiro atoms. The van der Waals surface area contributed by atoms with Crippen molar-refractivity contribution in [3.8, 4) is 0 Å². The van der Waals surface area contributed by atoms with Gasteiger partial charge in [-0.25, -0.2) is 0 Å². The van der Waals surface area contributed by atoms with E-state index in [1.807, 2.05) is 26.0 Å². The Hall–Kier alpha value is -0.280. The molecule has 1 N–H and O–H groups in total. The number of halogens is 2. The van der Waals surface area contributed by atoms with E-state index in [1.165, 1.54) is 0 Å². The van der Waals surface area contributed by atoms with Crippen molar-refractivity contribution in [3.05, 3.63) is 33.8 Å². The lowest BCUT2D eigenvalue weighted by molar-refractivity contribution is 0.0473. The molecule has 102 valence electrons. The third kappa shape index (κ3) is 4.43. The number of rotatable bonds is 7. The number of benzene rings is 1. The van der Waals surface area contributed by atoms with E-state index in [0.29, 0.717) is 11.6 Å². The quantitative estimate of drug-likeness (QED) is 0.800. The molecule has 18 heavy (non-hydrogen) atoms. The normalized spacial score (nSPS) is 14.5. The second kappa shape index (κ2) is 8.00. The summed E-state index contributed by atoms with van der Waals surface area (Å²) in [5, 5.41) is 4.89. The van der Waals surface area contributed by atoms with Crippen molar-refractivity contribution in [2.45, 2.75) is 39.3 Å². The highest BCUT2D eigenvalue weighted by Crippen LogP contribution is 2.29. The summed E-state index contributed by atoms with van der Waals surface area (Å²) in [6, 6.07) is 5.61. The fraction of sp³-hybridized carbons (Fsp3) is 0.571. The van der Waals surface area contributed by atoms with Gasteiger partial charge in [0.1, 0.15) is 0 Å². The zero-order chi connectivity index (χ0) is 13.5. The van der Waals surface area contributed by atoms with Gasteiger partial charge in [0.2, 0.25) is 0 Å². The molecular formula is C14H21Cl2NO. The van der Waals surface area contributed by atoms with E-state index in [9.17, 15) is 0 Å². The molecule has 2 nitrogen and oxygen atoms in total. The Labute approximate surface area is 120 Å². The van der Waals surface area contributed by atoms with Crippen molar-refractivity contribution in [1.82, 2.24) is 5.32 Å². The molecule has 2 atom stereocenters. The summed E-state index contributed by atoms with van der Waals surface area (Å²) in [6.45, 7) is 7.78.